The number of amidine groups is 1. The van der Waals surface area contributed by atoms with E-state index in [0.717, 1.165) is 22.2 Å². The molecule has 2 aromatic rings. The summed E-state index contributed by atoms with van der Waals surface area (Å²) in [4.78, 5) is 0.222. The maximum absolute atomic E-state index is 12.5. The van der Waals surface area contributed by atoms with Crippen molar-refractivity contribution < 1.29 is 18.1 Å². The summed E-state index contributed by atoms with van der Waals surface area (Å²) in [5.41, 5.74) is 3.94. The molecule has 0 amide bonds. The molecule has 0 unspecified atom stereocenters. The molecular weight excluding hydrogens is 389 g/mol. The van der Waals surface area contributed by atoms with Gasteiger partial charge in [-0.25, -0.2) is 5.01 Å². The van der Waals surface area contributed by atoms with Crippen molar-refractivity contribution in [2.75, 3.05) is 6.54 Å². The maximum atomic E-state index is 12.5. The zero-order chi connectivity index (χ0) is 20.8. The van der Waals surface area contributed by atoms with E-state index in [1.165, 1.54) is 0 Å². The van der Waals surface area contributed by atoms with Crippen LogP contribution in [0.5, 0.6) is 0 Å². The first kappa shape index (κ1) is 19.8. The van der Waals surface area contributed by atoms with E-state index in [1.54, 1.807) is 23.4 Å². The molecule has 2 aromatic carbocycles. The lowest BCUT2D eigenvalue weighted by Crippen LogP contribution is -2.30. The van der Waals surface area contributed by atoms with Gasteiger partial charge in [-0.3, -0.25) is 0 Å². The molecule has 2 aliphatic heterocycles. The number of hydrogen-bond acceptors (Lipinski definition) is 6. The Kier molecular flexibility index (Phi) is 5.06. The van der Waals surface area contributed by atoms with Crippen molar-refractivity contribution in [3.63, 3.8) is 0 Å². The van der Waals surface area contributed by atoms with E-state index in [0.29, 0.717) is 24.6 Å². The van der Waals surface area contributed by atoms with E-state index in [1.807, 2.05) is 45.0 Å². The first-order valence-electron chi connectivity index (χ1n) is 9.44. The lowest BCUT2D eigenvalue weighted by Gasteiger charge is -2.21. The Bertz CT molecular complexity index is 1130. The third-order valence-corrected chi connectivity index (χ3v) is 6.13. The second-order valence-corrected chi connectivity index (χ2v) is 9.30. The van der Waals surface area contributed by atoms with Gasteiger partial charge in [-0.2, -0.15) is 13.5 Å². The summed E-state index contributed by atoms with van der Waals surface area (Å²) in [5, 5.41) is 16.0. The summed E-state index contributed by atoms with van der Waals surface area (Å²) in [6.07, 6.45) is 1.68. The number of sulfonamides is 1. The van der Waals surface area contributed by atoms with E-state index in [2.05, 4.69) is 9.50 Å². The average molecular weight is 411 g/mol. The second-order valence-electron chi connectivity index (χ2n) is 7.73. The lowest BCUT2D eigenvalue weighted by atomic mass is 9.79. The zero-order valence-electron chi connectivity index (χ0n) is 16.5. The Morgan fingerprint density at radius 1 is 1.31 bits per heavy atom. The molecule has 0 aromatic heterocycles. The van der Waals surface area contributed by atoms with Gasteiger partial charge in [0, 0.05) is 12.1 Å². The predicted octanol–water partition coefficient (Wildman–Crippen LogP) is 1.65. The molecule has 2 heterocycles. The Balaban J connectivity index is 1.69. The summed E-state index contributed by atoms with van der Waals surface area (Å²) < 4.78 is 34.3. The highest BCUT2D eigenvalue weighted by atomic mass is 32.2. The largest absolute Gasteiger partial charge is 0.491 e. The van der Waals surface area contributed by atoms with E-state index >= 15 is 0 Å². The molecule has 7 nitrogen and oxygen atoms in total. The van der Waals surface area contributed by atoms with E-state index in [-0.39, 0.29) is 10.8 Å². The molecule has 0 bridgehead atoms. The highest BCUT2D eigenvalue weighted by molar-refractivity contribution is 7.90. The van der Waals surface area contributed by atoms with Gasteiger partial charge in [0.05, 0.1) is 12.8 Å². The smallest absolute Gasteiger partial charge is 0.423 e. The van der Waals surface area contributed by atoms with Crippen LogP contribution in [0.4, 0.5) is 0 Å². The molecule has 2 aliphatic rings. The molecule has 1 N–H and O–H groups in total. The Morgan fingerprint density at radius 3 is 2.86 bits per heavy atom. The summed E-state index contributed by atoms with van der Waals surface area (Å²) in [6.45, 7) is 6.80. The van der Waals surface area contributed by atoms with Gasteiger partial charge in [0.15, 0.2) is 5.84 Å². The molecule has 0 fully saturated rings. The van der Waals surface area contributed by atoms with Crippen molar-refractivity contribution in [3.8, 4) is 0 Å². The first-order valence-corrected chi connectivity index (χ1v) is 10.9. The summed E-state index contributed by atoms with van der Waals surface area (Å²) in [6, 6.07) is 10.9. The van der Waals surface area contributed by atoms with Crippen LogP contribution in [0.3, 0.4) is 0 Å². The highest BCUT2D eigenvalue weighted by Gasteiger charge is 2.32. The van der Waals surface area contributed by atoms with Gasteiger partial charge in [-0.05, 0) is 53.2 Å². The SMILES string of the molecule is Cc1ccc2c(c1)S(=O)(=O)N=C2N(CC(C)C)/N=C/c1ccc2c(c1)COB2O. The van der Waals surface area contributed by atoms with Crippen LogP contribution < -0.4 is 5.46 Å². The number of hydrogen-bond donors (Lipinski definition) is 1. The standard InChI is InChI=1S/C20H22BN3O4S/c1-13(2)11-24(20-17-6-4-14(3)8-19(17)29(26,27)23-20)22-10-15-5-7-18-16(9-15)12-28-21(18)25/h4-10,13,25H,11-12H2,1-3H3/b22-10+. The van der Waals surface area contributed by atoms with Crippen LogP contribution in [0.1, 0.15) is 36.1 Å². The zero-order valence-corrected chi connectivity index (χ0v) is 17.3. The fraction of sp³-hybridized carbons (Fsp3) is 0.300. The molecule has 9 heteroatoms. The molecule has 0 atom stereocenters. The van der Waals surface area contributed by atoms with E-state index < -0.39 is 17.1 Å². The number of nitrogens with zero attached hydrogens (tertiary/aromatic N) is 3. The molecule has 0 radical (unpaired) electrons. The Hall–Kier alpha value is -2.49. The predicted molar refractivity (Wildman–Crippen MR) is 113 cm³/mol. The van der Waals surface area contributed by atoms with Gasteiger partial charge >= 0.3 is 7.12 Å². The molecular formula is C20H22BN3O4S. The van der Waals surface area contributed by atoms with Crippen molar-refractivity contribution in [2.24, 2.45) is 15.4 Å². The number of aryl methyl sites for hydroxylation is 1. The van der Waals surface area contributed by atoms with Gasteiger partial charge in [-0.1, -0.05) is 32.0 Å². The molecule has 0 spiro atoms. The summed E-state index contributed by atoms with van der Waals surface area (Å²) >= 11 is 0. The number of rotatable bonds is 4. The van der Waals surface area contributed by atoms with Crippen LogP contribution in [-0.4, -0.2) is 44.2 Å². The topological polar surface area (TPSA) is 91.6 Å². The molecule has 0 saturated carbocycles. The van der Waals surface area contributed by atoms with Crippen LogP contribution in [0.2, 0.25) is 0 Å². The van der Waals surface area contributed by atoms with Crippen molar-refractivity contribution in [3.05, 3.63) is 58.7 Å². The summed E-state index contributed by atoms with van der Waals surface area (Å²) in [7, 11) is -4.61. The normalized spacial score (nSPS) is 17.0. The van der Waals surface area contributed by atoms with E-state index in [9.17, 15) is 13.4 Å². The monoisotopic (exact) mass is 411 g/mol. The van der Waals surface area contributed by atoms with Gasteiger partial charge in [-0.15, -0.1) is 4.40 Å². The molecule has 0 aliphatic carbocycles. The van der Waals surface area contributed by atoms with Crippen molar-refractivity contribution in [1.82, 2.24) is 5.01 Å². The second kappa shape index (κ2) is 7.40. The Morgan fingerprint density at radius 2 is 2.10 bits per heavy atom. The third-order valence-electron chi connectivity index (χ3n) is 4.82. The van der Waals surface area contributed by atoms with Gasteiger partial charge < -0.3 is 9.68 Å². The van der Waals surface area contributed by atoms with Crippen LogP contribution in [0.15, 0.2) is 50.8 Å². The number of benzene rings is 2. The van der Waals surface area contributed by atoms with Crippen LogP contribution in [0, 0.1) is 12.8 Å². The minimum Gasteiger partial charge on any atom is -0.423 e. The summed E-state index contributed by atoms with van der Waals surface area (Å²) in [5.74, 6) is 0.584. The lowest BCUT2D eigenvalue weighted by molar-refractivity contribution is 0.275. The molecule has 29 heavy (non-hydrogen) atoms. The molecule has 150 valence electrons. The molecule has 0 saturated heterocycles. The highest BCUT2D eigenvalue weighted by Crippen LogP contribution is 2.29. The van der Waals surface area contributed by atoms with Gasteiger partial charge in [0.1, 0.15) is 4.90 Å². The van der Waals surface area contributed by atoms with Gasteiger partial charge in [0.25, 0.3) is 10.0 Å². The van der Waals surface area contributed by atoms with Gasteiger partial charge in [0.2, 0.25) is 0 Å². The van der Waals surface area contributed by atoms with E-state index in [4.69, 9.17) is 4.65 Å². The van der Waals surface area contributed by atoms with Crippen LogP contribution in [-0.2, 0) is 21.3 Å². The number of fused-ring (bicyclic) bond motifs is 2. The van der Waals surface area contributed by atoms with Crippen LogP contribution >= 0.6 is 0 Å². The first-order chi connectivity index (χ1) is 13.7. The minimum absolute atomic E-state index is 0.222. The third kappa shape index (κ3) is 3.85. The fourth-order valence-electron chi connectivity index (χ4n) is 3.43. The minimum atomic E-state index is -3.73. The van der Waals surface area contributed by atoms with Crippen molar-refractivity contribution in [1.29, 1.82) is 0 Å². The van der Waals surface area contributed by atoms with Crippen LogP contribution in [0.25, 0.3) is 0 Å². The molecule has 4 rings (SSSR count). The quantitative estimate of drug-likeness (QED) is 0.469. The Labute approximate surface area is 170 Å². The van der Waals surface area contributed by atoms with Crippen molar-refractivity contribution >= 4 is 34.7 Å². The maximum Gasteiger partial charge on any atom is 0.491 e. The fourth-order valence-corrected chi connectivity index (χ4v) is 4.72. The van der Waals surface area contributed by atoms with Crippen molar-refractivity contribution in [2.45, 2.75) is 32.3 Å². The number of hydrazone groups is 1. The average Bonchev–Trinajstić information content (AvgIpc) is 3.15.